The van der Waals surface area contributed by atoms with E-state index in [1.807, 2.05) is 18.2 Å². The molecule has 12 nitrogen and oxygen atoms in total. The number of piperazine rings is 1. The fourth-order valence-electron chi connectivity index (χ4n) is 8.69. The Morgan fingerprint density at radius 1 is 0.984 bits per heavy atom. The van der Waals surface area contributed by atoms with Crippen LogP contribution in [0.2, 0.25) is 10.0 Å². The number of amides is 1. The predicted molar refractivity (Wildman–Crippen MR) is 242 cm³/mol. The van der Waals surface area contributed by atoms with Gasteiger partial charge in [-0.05, 0) is 91.2 Å². The minimum atomic E-state index is -4.47. The van der Waals surface area contributed by atoms with Crippen molar-refractivity contribution in [3.05, 3.63) is 106 Å². The summed E-state index contributed by atoms with van der Waals surface area (Å²) < 4.78 is 68.0. The highest BCUT2D eigenvalue weighted by molar-refractivity contribution is 7.90. The van der Waals surface area contributed by atoms with Gasteiger partial charge in [0.15, 0.2) is 0 Å². The monoisotopic (exact) mass is 921 g/mol. The van der Waals surface area contributed by atoms with E-state index in [9.17, 15) is 22.0 Å². The van der Waals surface area contributed by atoms with Gasteiger partial charge in [-0.3, -0.25) is 19.7 Å². The minimum Gasteiger partial charge on any atom is -0.476 e. The SMILES string of the molecule is CC1(C)CCC(CN2CCN(c3ccc(C(=O)NS(=O)(=O)c4cnc(OCC5CCN(C(CF)CF)C5)c(Cl)c4)c(Oc4cccc5[nH]ncc45)c3)CC2)=C(c2ccc(Cl)cc2)C1. The number of alkyl halides is 2. The summed E-state index contributed by atoms with van der Waals surface area (Å²) >= 11 is 12.7. The van der Waals surface area contributed by atoms with Crippen molar-refractivity contribution in [2.75, 3.05) is 70.7 Å². The van der Waals surface area contributed by atoms with Crippen molar-refractivity contribution in [3.8, 4) is 17.4 Å². The number of ether oxygens (including phenoxy) is 2. The average Bonchev–Trinajstić information content (AvgIpc) is 3.96. The number of carbonyl (C=O) groups is 1. The number of allylic oxidation sites excluding steroid dienone is 1. The largest absolute Gasteiger partial charge is 0.476 e. The molecule has 2 aromatic heterocycles. The van der Waals surface area contributed by atoms with Crippen LogP contribution in [-0.2, 0) is 10.0 Å². The molecular weight excluding hydrogens is 872 g/mol. The maximum absolute atomic E-state index is 13.9. The zero-order chi connectivity index (χ0) is 44.3. The van der Waals surface area contributed by atoms with Crippen LogP contribution in [0.1, 0.15) is 55.5 Å². The number of sulfonamides is 1. The molecule has 0 bridgehead atoms. The van der Waals surface area contributed by atoms with Crippen molar-refractivity contribution in [2.24, 2.45) is 11.3 Å². The van der Waals surface area contributed by atoms with Crippen LogP contribution >= 0.6 is 23.2 Å². The summed E-state index contributed by atoms with van der Waals surface area (Å²) in [5.74, 6) is -0.323. The molecule has 1 aliphatic carbocycles. The van der Waals surface area contributed by atoms with Crippen LogP contribution in [0.25, 0.3) is 16.5 Å². The molecular formula is C46H51Cl2F2N7O5S. The lowest BCUT2D eigenvalue weighted by molar-refractivity contribution is 0.0979. The Bertz CT molecular complexity index is 2580. The molecule has 0 radical (unpaired) electrons. The van der Waals surface area contributed by atoms with Gasteiger partial charge in [-0.25, -0.2) is 26.9 Å². The van der Waals surface area contributed by atoms with Gasteiger partial charge in [-0.1, -0.05) is 60.8 Å². The predicted octanol–water partition coefficient (Wildman–Crippen LogP) is 8.97. The third-order valence-corrected chi connectivity index (χ3v) is 14.2. The Kier molecular flexibility index (Phi) is 13.6. The summed E-state index contributed by atoms with van der Waals surface area (Å²) in [6.07, 6.45) is 6.56. The number of fused-ring (bicyclic) bond motifs is 1. The number of aromatic nitrogens is 3. The molecule has 17 heteroatoms. The number of nitrogens with one attached hydrogen (secondary N) is 2. The van der Waals surface area contributed by atoms with Crippen LogP contribution in [-0.4, -0.2) is 111 Å². The lowest BCUT2D eigenvalue weighted by atomic mass is 9.72. The first kappa shape index (κ1) is 44.8. The Hall–Kier alpha value is -4.80. The van der Waals surface area contributed by atoms with Gasteiger partial charge in [-0.15, -0.1) is 0 Å². The number of carbonyl (C=O) groups excluding carboxylic acids is 1. The number of pyridine rings is 1. The topological polar surface area (TPSA) is 133 Å². The smallest absolute Gasteiger partial charge is 0.268 e. The molecule has 2 saturated heterocycles. The first-order valence-corrected chi connectivity index (χ1v) is 23.4. The zero-order valence-electron chi connectivity index (χ0n) is 35.3. The fourth-order valence-corrected chi connectivity index (χ4v) is 10.0. The molecule has 2 aliphatic heterocycles. The highest BCUT2D eigenvalue weighted by Crippen LogP contribution is 2.43. The fraction of sp³-hybridized carbons (Fsp3) is 0.413. The molecule has 2 N–H and O–H groups in total. The van der Waals surface area contributed by atoms with Crippen molar-refractivity contribution < 1.29 is 31.5 Å². The van der Waals surface area contributed by atoms with Gasteiger partial charge in [0, 0.05) is 62.0 Å². The summed E-state index contributed by atoms with van der Waals surface area (Å²) in [4.78, 5) is 24.2. The Morgan fingerprint density at radius 3 is 2.51 bits per heavy atom. The molecule has 5 aromatic rings. The number of anilines is 1. The second-order valence-corrected chi connectivity index (χ2v) is 19.9. The summed E-state index contributed by atoms with van der Waals surface area (Å²) in [5, 5.41) is 8.40. The van der Waals surface area contributed by atoms with Crippen molar-refractivity contribution in [1.82, 2.24) is 29.7 Å². The van der Waals surface area contributed by atoms with E-state index < -0.39 is 35.3 Å². The Balaban J connectivity index is 0.969. The Labute approximate surface area is 376 Å². The summed E-state index contributed by atoms with van der Waals surface area (Å²) in [7, 11) is -4.47. The molecule has 1 unspecified atom stereocenters. The van der Waals surface area contributed by atoms with Crippen LogP contribution < -0.4 is 19.1 Å². The van der Waals surface area contributed by atoms with E-state index in [4.69, 9.17) is 32.7 Å². The van der Waals surface area contributed by atoms with Gasteiger partial charge in [-0.2, -0.15) is 5.10 Å². The van der Waals surface area contributed by atoms with Crippen molar-refractivity contribution >= 4 is 61.3 Å². The van der Waals surface area contributed by atoms with Crippen molar-refractivity contribution in [1.29, 1.82) is 0 Å². The van der Waals surface area contributed by atoms with Crippen LogP contribution in [0.15, 0.2) is 89.6 Å². The lowest BCUT2D eigenvalue weighted by Crippen LogP contribution is -2.47. The molecule has 2 fully saturated rings. The normalized spacial score (nSPS) is 18.7. The third-order valence-electron chi connectivity index (χ3n) is 12.4. The molecule has 3 aromatic carbocycles. The van der Waals surface area contributed by atoms with Crippen LogP contribution in [0.4, 0.5) is 14.5 Å². The van der Waals surface area contributed by atoms with Gasteiger partial charge in [0.2, 0.25) is 5.88 Å². The van der Waals surface area contributed by atoms with E-state index in [-0.39, 0.29) is 45.1 Å². The number of halogens is 4. The molecule has 4 heterocycles. The molecule has 1 atom stereocenters. The van der Waals surface area contributed by atoms with E-state index in [1.54, 1.807) is 41.4 Å². The minimum absolute atomic E-state index is 0.00396. The second-order valence-electron chi connectivity index (χ2n) is 17.4. The number of hydrogen-bond acceptors (Lipinski definition) is 10. The standard InChI is InChI=1S/C46H51Cl2F2N7O5S/c1-46(2)14-12-32(38(22-46)31-6-8-33(47)9-7-31)28-55-16-18-56(19-17-55)34-10-11-37(43(20-34)62-42-5-3-4-41-39(42)26-52-53-41)44(58)54-63(59,60)36-21-40(48)45(51-25-36)61-29-30-13-15-57(27-30)35(23-49)24-50/h3-11,20-21,25-26,30,35H,12-19,22-24,27-29H2,1-2H3,(H,52,53)(H,54,58). The van der Waals surface area contributed by atoms with E-state index in [0.717, 1.165) is 80.5 Å². The molecule has 8 rings (SSSR count). The Morgan fingerprint density at radius 2 is 1.76 bits per heavy atom. The number of likely N-dealkylation sites (tertiary alicyclic amines) is 1. The van der Waals surface area contributed by atoms with Crippen molar-refractivity contribution in [3.63, 3.8) is 0 Å². The maximum Gasteiger partial charge on any atom is 0.268 e. The third kappa shape index (κ3) is 10.4. The molecule has 0 spiro atoms. The van der Waals surface area contributed by atoms with Crippen molar-refractivity contribution in [2.45, 2.75) is 50.5 Å². The van der Waals surface area contributed by atoms with Crippen LogP contribution in [0, 0.1) is 11.3 Å². The number of rotatable bonds is 15. The molecule has 63 heavy (non-hydrogen) atoms. The molecule has 1 amide bonds. The average molecular weight is 923 g/mol. The number of hydrogen-bond donors (Lipinski definition) is 2. The maximum atomic E-state index is 13.9. The summed E-state index contributed by atoms with van der Waals surface area (Å²) in [6, 6.07) is 19.1. The summed E-state index contributed by atoms with van der Waals surface area (Å²) in [6.45, 7) is 8.32. The first-order valence-electron chi connectivity index (χ1n) is 21.2. The van der Waals surface area contributed by atoms with Gasteiger partial charge in [0.25, 0.3) is 15.9 Å². The second kappa shape index (κ2) is 19.1. The molecule has 0 saturated carbocycles. The van der Waals surface area contributed by atoms with Crippen LogP contribution in [0.5, 0.6) is 17.4 Å². The van der Waals surface area contributed by atoms with Gasteiger partial charge in [0.1, 0.15) is 34.8 Å². The highest BCUT2D eigenvalue weighted by atomic mass is 35.5. The number of nitrogens with zero attached hydrogens (tertiary/aromatic N) is 5. The number of benzene rings is 3. The van der Waals surface area contributed by atoms with Crippen LogP contribution in [0.3, 0.4) is 0 Å². The van der Waals surface area contributed by atoms with E-state index >= 15 is 0 Å². The number of aromatic amines is 1. The van der Waals surface area contributed by atoms with Gasteiger partial charge < -0.3 is 14.4 Å². The molecule has 3 aliphatic rings. The van der Waals surface area contributed by atoms with E-state index in [1.165, 1.54) is 16.7 Å². The van der Waals surface area contributed by atoms with E-state index in [2.05, 4.69) is 55.7 Å². The van der Waals surface area contributed by atoms with E-state index in [0.29, 0.717) is 30.6 Å². The van der Waals surface area contributed by atoms with Gasteiger partial charge in [0.05, 0.1) is 41.5 Å². The van der Waals surface area contributed by atoms with Gasteiger partial charge >= 0.3 is 0 Å². The summed E-state index contributed by atoms with van der Waals surface area (Å²) in [5.41, 5.74) is 5.89. The number of H-pyrrole nitrogens is 1. The highest BCUT2D eigenvalue weighted by Gasteiger charge is 2.32. The lowest BCUT2D eigenvalue weighted by Gasteiger charge is -2.39. The quantitative estimate of drug-likeness (QED) is 0.105. The first-order chi connectivity index (χ1) is 30.3. The molecule has 334 valence electrons. The zero-order valence-corrected chi connectivity index (χ0v) is 37.6.